The summed E-state index contributed by atoms with van der Waals surface area (Å²) in [6.07, 6.45) is 0.578. The van der Waals surface area contributed by atoms with Crippen molar-refractivity contribution in [2.75, 3.05) is 38.3 Å². The Morgan fingerprint density at radius 3 is 2.38 bits per heavy atom. The molecule has 0 spiro atoms. The molecule has 4 rings (SSSR count). The van der Waals surface area contributed by atoms with Gasteiger partial charge in [0.15, 0.2) is 0 Å². The molecule has 2 heterocycles. The molecule has 7 nitrogen and oxygen atoms in total. The van der Waals surface area contributed by atoms with Crippen LogP contribution < -0.4 is 4.90 Å². The van der Waals surface area contributed by atoms with Crippen molar-refractivity contribution in [2.24, 2.45) is 0 Å². The first-order valence-corrected chi connectivity index (χ1v) is 11.3. The van der Waals surface area contributed by atoms with E-state index in [9.17, 15) is 4.79 Å². The van der Waals surface area contributed by atoms with Crippen molar-refractivity contribution in [1.82, 2.24) is 19.7 Å². The second-order valence-corrected chi connectivity index (χ2v) is 8.43. The minimum atomic E-state index is -0.265. The molecule has 0 bridgehead atoms. The molecule has 1 amide bonds. The lowest BCUT2D eigenvalue weighted by atomic mass is 10.1. The summed E-state index contributed by atoms with van der Waals surface area (Å²) >= 11 is 12.7. The van der Waals surface area contributed by atoms with Gasteiger partial charge in [-0.15, -0.1) is 5.10 Å². The van der Waals surface area contributed by atoms with Gasteiger partial charge in [-0.3, -0.25) is 4.79 Å². The molecule has 0 saturated carbocycles. The van der Waals surface area contributed by atoms with Gasteiger partial charge in [0.05, 0.1) is 23.3 Å². The van der Waals surface area contributed by atoms with Gasteiger partial charge in [0.2, 0.25) is 5.82 Å². The summed E-state index contributed by atoms with van der Waals surface area (Å²) in [6, 6.07) is 13.5. The molecule has 1 aliphatic heterocycles. The van der Waals surface area contributed by atoms with Gasteiger partial charge in [-0.05, 0) is 29.8 Å². The van der Waals surface area contributed by atoms with Gasteiger partial charge in [-0.25, -0.2) is 9.67 Å². The number of hydrogen-bond donors (Lipinski definition) is 0. The maximum atomic E-state index is 13.0. The van der Waals surface area contributed by atoms with Crippen molar-refractivity contribution in [1.29, 1.82) is 0 Å². The lowest BCUT2D eigenvalue weighted by Crippen LogP contribution is -2.36. The zero-order valence-electron chi connectivity index (χ0n) is 18.1. The fourth-order valence-electron chi connectivity index (χ4n) is 3.68. The van der Waals surface area contributed by atoms with Crippen molar-refractivity contribution < 1.29 is 9.53 Å². The Hall–Kier alpha value is -2.61. The number of ether oxygens (including phenoxy) is 1. The Kier molecular flexibility index (Phi) is 6.98. The van der Waals surface area contributed by atoms with Crippen LogP contribution in [0.15, 0.2) is 42.5 Å². The number of hydrogen-bond acceptors (Lipinski definition) is 5. The topological polar surface area (TPSA) is 63.5 Å². The summed E-state index contributed by atoms with van der Waals surface area (Å²) in [5, 5.41) is 5.34. The van der Waals surface area contributed by atoms with E-state index < -0.39 is 0 Å². The third-order valence-electron chi connectivity index (χ3n) is 5.41. The Labute approximate surface area is 197 Å². The van der Waals surface area contributed by atoms with E-state index in [1.807, 2.05) is 19.1 Å². The predicted molar refractivity (Wildman–Crippen MR) is 126 cm³/mol. The third kappa shape index (κ3) is 4.75. The normalized spacial score (nSPS) is 13.9. The second-order valence-electron chi connectivity index (χ2n) is 7.61. The van der Waals surface area contributed by atoms with Crippen molar-refractivity contribution in [3.63, 3.8) is 0 Å². The minimum Gasteiger partial charge on any atom is -0.378 e. The maximum Gasteiger partial charge on any atom is 0.293 e. The minimum absolute atomic E-state index is 0.116. The monoisotopic (exact) mass is 473 g/mol. The molecular formula is C23H25Cl2N5O2. The predicted octanol–water partition coefficient (Wildman–Crippen LogP) is 4.25. The number of aromatic nitrogens is 3. The van der Waals surface area contributed by atoms with E-state index in [-0.39, 0.29) is 11.7 Å². The molecule has 2 aromatic carbocycles. The zero-order valence-corrected chi connectivity index (χ0v) is 19.6. The van der Waals surface area contributed by atoms with Gasteiger partial charge in [0.1, 0.15) is 11.5 Å². The zero-order chi connectivity index (χ0) is 22.7. The van der Waals surface area contributed by atoms with Gasteiger partial charge in [-0.2, -0.15) is 0 Å². The second kappa shape index (κ2) is 9.90. The Morgan fingerprint density at radius 1 is 1.09 bits per heavy atom. The smallest absolute Gasteiger partial charge is 0.293 e. The molecule has 1 fully saturated rings. The lowest BCUT2D eigenvalue weighted by molar-refractivity contribution is 0.0773. The van der Waals surface area contributed by atoms with Gasteiger partial charge in [-0.1, -0.05) is 48.3 Å². The van der Waals surface area contributed by atoms with E-state index in [2.05, 4.69) is 27.1 Å². The summed E-state index contributed by atoms with van der Waals surface area (Å²) in [5.74, 6) is 0.468. The van der Waals surface area contributed by atoms with Gasteiger partial charge in [0, 0.05) is 38.8 Å². The van der Waals surface area contributed by atoms with Crippen LogP contribution in [-0.4, -0.2) is 58.9 Å². The van der Waals surface area contributed by atoms with Crippen molar-refractivity contribution in [3.05, 3.63) is 69.7 Å². The number of carbonyl (C=O) groups excluding carboxylic acids is 1. The molecule has 0 radical (unpaired) electrons. The molecule has 0 aliphatic carbocycles. The van der Waals surface area contributed by atoms with Crippen LogP contribution in [0.1, 0.15) is 28.9 Å². The van der Waals surface area contributed by atoms with Crippen LogP contribution in [0.4, 0.5) is 5.69 Å². The number of rotatable bonds is 6. The highest BCUT2D eigenvalue weighted by molar-refractivity contribution is 6.37. The van der Waals surface area contributed by atoms with E-state index in [0.717, 1.165) is 37.6 Å². The van der Waals surface area contributed by atoms with Gasteiger partial charge in [0.25, 0.3) is 5.91 Å². The Bertz CT molecular complexity index is 1070. The van der Waals surface area contributed by atoms with Crippen LogP contribution in [0.3, 0.4) is 0 Å². The number of nitrogens with zero attached hydrogens (tertiary/aromatic N) is 5. The van der Waals surface area contributed by atoms with Crippen LogP contribution >= 0.6 is 23.2 Å². The molecule has 9 heteroatoms. The van der Waals surface area contributed by atoms with Crippen LogP contribution in [0.5, 0.6) is 0 Å². The van der Waals surface area contributed by atoms with Crippen LogP contribution in [-0.2, 0) is 17.7 Å². The molecule has 0 N–H and O–H groups in total. The first-order valence-electron chi connectivity index (χ1n) is 10.6. The average Bonchev–Trinajstić information content (AvgIpc) is 3.23. The summed E-state index contributed by atoms with van der Waals surface area (Å²) in [6.45, 7) is 5.67. The molecule has 168 valence electrons. The SMILES string of the molecule is CCc1nc(C(=O)N(C)Cc2ccc(N3CCOCC3)cc2)nn1-c1c(Cl)cccc1Cl. The van der Waals surface area contributed by atoms with Gasteiger partial charge >= 0.3 is 0 Å². The van der Waals surface area contributed by atoms with E-state index in [0.29, 0.717) is 34.5 Å². The molecule has 0 unspecified atom stereocenters. The van der Waals surface area contributed by atoms with Crippen molar-refractivity contribution >= 4 is 34.8 Å². The summed E-state index contributed by atoms with van der Waals surface area (Å²) in [4.78, 5) is 21.4. The molecule has 1 saturated heterocycles. The first-order chi connectivity index (χ1) is 15.5. The lowest BCUT2D eigenvalue weighted by Gasteiger charge is -2.29. The third-order valence-corrected chi connectivity index (χ3v) is 6.02. The number of morpholine rings is 1. The highest BCUT2D eigenvalue weighted by atomic mass is 35.5. The fraction of sp³-hybridized carbons (Fsp3) is 0.348. The number of anilines is 1. The highest BCUT2D eigenvalue weighted by Gasteiger charge is 2.22. The number of para-hydroxylation sites is 1. The quantitative estimate of drug-likeness (QED) is 0.535. The van der Waals surface area contributed by atoms with Crippen LogP contribution in [0, 0.1) is 0 Å². The number of halogens is 2. The Morgan fingerprint density at radius 2 is 1.75 bits per heavy atom. The summed E-state index contributed by atoms with van der Waals surface area (Å²) in [7, 11) is 1.74. The van der Waals surface area contributed by atoms with Crippen LogP contribution in [0.25, 0.3) is 5.69 Å². The van der Waals surface area contributed by atoms with Crippen LogP contribution in [0.2, 0.25) is 10.0 Å². The Balaban J connectivity index is 1.50. The van der Waals surface area contributed by atoms with E-state index >= 15 is 0 Å². The largest absolute Gasteiger partial charge is 0.378 e. The molecule has 0 atom stereocenters. The number of carbonyl (C=O) groups is 1. The average molecular weight is 474 g/mol. The van der Waals surface area contributed by atoms with E-state index in [4.69, 9.17) is 27.9 Å². The molecule has 32 heavy (non-hydrogen) atoms. The summed E-state index contributed by atoms with van der Waals surface area (Å²) < 4.78 is 6.97. The molecule has 1 aromatic heterocycles. The molecular weight excluding hydrogens is 449 g/mol. The fourth-order valence-corrected chi connectivity index (χ4v) is 4.24. The first kappa shape index (κ1) is 22.6. The highest BCUT2D eigenvalue weighted by Crippen LogP contribution is 2.29. The van der Waals surface area contributed by atoms with Crippen molar-refractivity contribution in [3.8, 4) is 5.69 Å². The number of benzene rings is 2. The number of amides is 1. The maximum absolute atomic E-state index is 13.0. The molecule has 1 aliphatic rings. The van der Waals surface area contributed by atoms with E-state index in [1.165, 1.54) is 0 Å². The number of aryl methyl sites for hydroxylation is 1. The molecule has 3 aromatic rings. The van der Waals surface area contributed by atoms with Gasteiger partial charge < -0.3 is 14.5 Å². The van der Waals surface area contributed by atoms with E-state index in [1.54, 1.807) is 34.8 Å². The van der Waals surface area contributed by atoms with Crippen molar-refractivity contribution in [2.45, 2.75) is 19.9 Å². The summed E-state index contributed by atoms with van der Waals surface area (Å²) in [5.41, 5.74) is 2.72. The standard InChI is InChI=1S/C23H25Cl2N5O2/c1-3-20-26-22(27-30(20)21-18(24)5-4-6-19(21)25)23(31)28(2)15-16-7-9-17(10-8-16)29-11-13-32-14-12-29/h4-10H,3,11-15H2,1-2H3.